The van der Waals surface area contributed by atoms with E-state index in [1.54, 1.807) is 6.07 Å². The Morgan fingerprint density at radius 2 is 1.91 bits per heavy atom. The molecule has 22 heavy (non-hydrogen) atoms. The van der Waals surface area contributed by atoms with Crippen molar-refractivity contribution in [1.29, 1.82) is 0 Å². The van der Waals surface area contributed by atoms with Crippen molar-refractivity contribution in [2.45, 2.75) is 19.4 Å². The summed E-state index contributed by atoms with van der Waals surface area (Å²) in [4.78, 5) is 2.35. The number of aromatic hydroxyl groups is 1. The Bertz CT molecular complexity index is 505. The van der Waals surface area contributed by atoms with E-state index in [2.05, 4.69) is 16.8 Å². The number of halogens is 4. The minimum absolute atomic E-state index is 0. The number of nitrogens with one attached hydrogen (secondary N) is 1. The standard InChI is InChI=1S/C15H20Cl2N2O.2ClH/c1-10(2)9-13(19-7-5-18-6-8-19)11-3-4-12(16)14(17)15(11)20;;/h3-4,13,18,20H,1,5-9H2,2H3;2*1H/t13-;;/m1../s1. The number of hydrogen-bond donors (Lipinski definition) is 2. The van der Waals surface area contributed by atoms with E-state index in [9.17, 15) is 5.11 Å². The highest BCUT2D eigenvalue weighted by Gasteiger charge is 2.25. The summed E-state index contributed by atoms with van der Waals surface area (Å²) in [6.45, 7) is 9.80. The number of benzene rings is 1. The summed E-state index contributed by atoms with van der Waals surface area (Å²) < 4.78 is 0. The number of phenols is 1. The van der Waals surface area contributed by atoms with Gasteiger partial charge in [-0.1, -0.05) is 34.8 Å². The number of nitrogens with zero attached hydrogens (tertiary/aromatic N) is 1. The van der Waals surface area contributed by atoms with E-state index in [1.807, 2.05) is 13.0 Å². The van der Waals surface area contributed by atoms with Crippen LogP contribution in [0.3, 0.4) is 0 Å². The fraction of sp³-hybridized carbons (Fsp3) is 0.467. The monoisotopic (exact) mass is 386 g/mol. The van der Waals surface area contributed by atoms with E-state index in [0.717, 1.165) is 43.7 Å². The van der Waals surface area contributed by atoms with Gasteiger partial charge in [-0.3, -0.25) is 4.90 Å². The Morgan fingerprint density at radius 3 is 2.45 bits per heavy atom. The fourth-order valence-electron chi connectivity index (χ4n) is 2.58. The first-order chi connectivity index (χ1) is 9.50. The van der Waals surface area contributed by atoms with Crippen molar-refractivity contribution >= 4 is 48.0 Å². The highest BCUT2D eigenvalue weighted by Crippen LogP contribution is 2.40. The first-order valence-corrected chi connectivity index (χ1v) is 7.52. The molecule has 1 aromatic rings. The number of rotatable bonds is 4. The van der Waals surface area contributed by atoms with E-state index in [1.165, 1.54) is 0 Å². The quantitative estimate of drug-likeness (QED) is 0.748. The topological polar surface area (TPSA) is 35.5 Å². The van der Waals surface area contributed by atoms with Crippen LogP contribution < -0.4 is 5.32 Å². The summed E-state index contributed by atoms with van der Waals surface area (Å²) in [5.74, 6) is 0.0870. The molecule has 1 heterocycles. The molecule has 1 saturated heterocycles. The van der Waals surface area contributed by atoms with E-state index in [-0.39, 0.29) is 41.6 Å². The average Bonchev–Trinajstić information content (AvgIpc) is 2.44. The molecule has 0 saturated carbocycles. The van der Waals surface area contributed by atoms with Crippen LogP contribution in [0.25, 0.3) is 0 Å². The number of piperazine rings is 1. The highest BCUT2D eigenvalue weighted by atomic mass is 35.5. The normalized spacial score (nSPS) is 16.3. The molecule has 0 spiro atoms. The van der Waals surface area contributed by atoms with Crippen LogP contribution in [0.4, 0.5) is 0 Å². The molecular formula is C15H22Cl4N2O. The van der Waals surface area contributed by atoms with Crippen molar-refractivity contribution in [1.82, 2.24) is 10.2 Å². The van der Waals surface area contributed by atoms with Gasteiger partial charge in [0.15, 0.2) is 0 Å². The van der Waals surface area contributed by atoms with Gasteiger partial charge in [0.25, 0.3) is 0 Å². The molecular weight excluding hydrogens is 366 g/mol. The lowest BCUT2D eigenvalue weighted by Gasteiger charge is -2.35. The van der Waals surface area contributed by atoms with Crippen molar-refractivity contribution in [2.75, 3.05) is 26.2 Å². The molecule has 126 valence electrons. The molecule has 0 aliphatic carbocycles. The van der Waals surface area contributed by atoms with Crippen LogP contribution in [0.1, 0.15) is 24.9 Å². The van der Waals surface area contributed by atoms with Gasteiger partial charge in [0.1, 0.15) is 10.8 Å². The van der Waals surface area contributed by atoms with E-state index < -0.39 is 0 Å². The lowest BCUT2D eigenvalue weighted by atomic mass is 9.97. The predicted octanol–water partition coefficient (Wildman–Crippen LogP) is 4.46. The molecule has 1 atom stereocenters. The highest BCUT2D eigenvalue weighted by molar-refractivity contribution is 6.43. The molecule has 2 rings (SSSR count). The molecule has 1 fully saturated rings. The zero-order valence-corrected chi connectivity index (χ0v) is 15.6. The molecule has 3 nitrogen and oxygen atoms in total. The van der Waals surface area contributed by atoms with Gasteiger partial charge in [0, 0.05) is 37.8 Å². The maximum Gasteiger partial charge on any atom is 0.140 e. The molecule has 0 aromatic heterocycles. The molecule has 1 aliphatic heterocycles. The predicted molar refractivity (Wildman–Crippen MR) is 99.2 cm³/mol. The van der Waals surface area contributed by atoms with Gasteiger partial charge in [-0.25, -0.2) is 0 Å². The van der Waals surface area contributed by atoms with E-state index in [0.29, 0.717) is 5.02 Å². The maximum absolute atomic E-state index is 10.3. The van der Waals surface area contributed by atoms with Crippen molar-refractivity contribution in [3.63, 3.8) is 0 Å². The smallest absolute Gasteiger partial charge is 0.140 e. The van der Waals surface area contributed by atoms with Gasteiger partial charge in [0.05, 0.1) is 5.02 Å². The van der Waals surface area contributed by atoms with Gasteiger partial charge in [0.2, 0.25) is 0 Å². The summed E-state index contributed by atoms with van der Waals surface area (Å²) >= 11 is 12.0. The van der Waals surface area contributed by atoms with Crippen LogP contribution in [-0.4, -0.2) is 36.2 Å². The number of phenolic OH excluding ortho intramolecular Hbond substituents is 1. The zero-order chi connectivity index (χ0) is 14.7. The molecule has 7 heteroatoms. The van der Waals surface area contributed by atoms with Gasteiger partial charge in [-0.2, -0.15) is 0 Å². The minimum Gasteiger partial charge on any atom is -0.506 e. The average molecular weight is 388 g/mol. The van der Waals surface area contributed by atoms with Crippen LogP contribution in [0.15, 0.2) is 24.3 Å². The third kappa shape index (κ3) is 5.19. The SMILES string of the molecule is C=C(C)C[C@H](c1ccc(Cl)c(Cl)c1O)N1CCNCC1.Cl.Cl. The molecule has 1 aromatic carbocycles. The summed E-state index contributed by atoms with van der Waals surface area (Å²) in [7, 11) is 0. The zero-order valence-electron chi connectivity index (χ0n) is 12.4. The first-order valence-electron chi connectivity index (χ1n) is 6.76. The largest absolute Gasteiger partial charge is 0.506 e. The second-order valence-corrected chi connectivity index (χ2v) is 6.05. The number of hydrogen-bond acceptors (Lipinski definition) is 3. The molecule has 0 amide bonds. The van der Waals surface area contributed by atoms with Crippen molar-refractivity contribution in [2.24, 2.45) is 0 Å². The first kappa shape index (κ1) is 21.8. The fourth-order valence-corrected chi connectivity index (χ4v) is 2.91. The Kier molecular flexibility index (Phi) is 9.79. The van der Waals surface area contributed by atoms with Crippen LogP contribution >= 0.6 is 48.0 Å². The van der Waals surface area contributed by atoms with Crippen molar-refractivity contribution in [3.05, 3.63) is 39.9 Å². The molecule has 0 radical (unpaired) electrons. The van der Waals surface area contributed by atoms with Gasteiger partial charge in [-0.15, -0.1) is 31.4 Å². The maximum atomic E-state index is 10.3. The third-order valence-electron chi connectivity index (χ3n) is 3.59. The molecule has 0 bridgehead atoms. The van der Waals surface area contributed by atoms with Crippen molar-refractivity contribution in [3.8, 4) is 5.75 Å². The summed E-state index contributed by atoms with van der Waals surface area (Å²) in [5, 5.41) is 14.2. The third-order valence-corrected chi connectivity index (χ3v) is 4.39. The Labute approximate surface area is 154 Å². The second kappa shape index (κ2) is 9.86. The Morgan fingerprint density at radius 1 is 1.32 bits per heavy atom. The van der Waals surface area contributed by atoms with E-state index >= 15 is 0 Å². The van der Waals surface area contributed by atoms with Crippen LogP contribution in [0.2, 0.25) is 10.0 Å². The van der Waals surface area contributed by atoms with Gasteiger partial charge in [-0.05, 0) is 19.4 Å². The van der Waals surface area contributed by atoms with Gasteiger partial charge >= 0.3 is 0 Å². The minimum atomic E-state index is 0. The summed E-state index contributed by atoms with van der Waals surface area (Å²) in [6, 6.07) is 3.69. The lowest BCUT2D eigenvalue weighted by molar-refractivity contribution is 0.170. The van der Waals surface area contributed by atoms with Crippen molar-refractivity contribution < 1.29 is 5.11 Å². The molecule has 0 unspecified atom stereocenters. The molecule has 2 N–H and O–H groups in total. The van der Waals surface area contributed by atoms with Crippen LogP contribution in [0, 0.1) is 0 Å². The summed E-state index contributed by atoms with van der Waals surface area (Å²) in [5.41, 5.74) is 1.91. The second-order valence-electron chi connectivity index (χ2n) is 5.26. The van der Waals surface area contributed by atoms with Crippen LogP contribution in [0.5, 0.6) is 5.75 Å². The van der Waals surface area contributed by atoms with Crippen LogP contribution in [-0.2, 0) is 0 Å². The Hall–Kier alpha value is -0.160. The Balaban J connectivity index is 0.00000220. The van der Waals surface area contributed by atoms with Gasteiger partial charge < -0.3 is 10.4 Å². The lowest BCUT2D eigenvalue weighted by Crippen LogP contribution is -2.45. The van der Waals surface area contributed by atoms with E-state index in [4.69, 9.17) is 23.2 Å². The summed E-state index contributed by atoms with van der Waals surface area (Å²) in [6.07, 6.45) is 0.797. The molecule has 1 aliphatic rings.